The van der Waals surface area contributed by atoms with Gasteiger partial charge < -0.3 is 0 Å². The lowest BCUT2D eigenvalue weighted by Gasteiger charge is -2.06. The number of aryl methyl sites for hydroxylation is 1. The maximum Gasteiger partial charge on any atom is 0.0636 e. The lowest BCUT2D eigenvalue weighted by atomic mass is 10.2. The van der Waals surface area contributed by atoms with Crippen LogP contribution in [-0.2, 0) is 4.84 Å². The Hall–Kier alpha value is -0.540. The predicted molar refractivity (Wildman–Crippen MR) is 49.5 cm³/mol. The Balaban J connectivity index is 2.90. The Bertz CT molecular complexity index is 250. The summed E-state index contributed by atoms with van der Waals surface area (Å²) in [6, 6.07) is 5.96. The van der Waals surface area contributed by atoms with E-state index in [1.54, 1.807) is 7.11 Å². The minimum Gasteiger partial charge on any atom is -0.279 e. The summed E-state index contributed by atoms with van der Waals surface area (Å²) in [6.07, 6.45) is 0. The van der Waals surface area contributed by atoms with E-state index < -0.39 is 0 Å². The Morgan fingerprint density at radius 3 is 2.73 bits per heavy atom. The third kappa shape index (κ3) is 2.20. The molecule has 0 aliphatic carbocycles. The van der Waals surface area contributed by atoms with Crippen molar-refractivity contribution >= 4 is 21.6 Å². The van der Waals surface area contributed by atoms with Crippen molar-refractivity contribution in [2.75, 3.05) is 12.6 Å². The highest BCUT2D eigenvalue weighted by atomic mass is 79.9. The molecule has 1 N–H and O–H groups in total. The summed E-state index contributed by atoms with van der Waals surface area (Å²) in [7, 11) is 1.60. The maximum absolute atomic E-state index is 4.78. The molecule has 1 rings (SSSR count). The summed E-state index contributed by atoms with van der Waals surface area (Å²) >= 11 is 3.38. The third-order valence-electron chi connectivity index (χ3n) is 1.40. The normalized spacial score (nSPS) is 9.73. The highest BCUT2D eigenvalue weighted by Crippen LogP contribution is 2.19. The van der Waals surface area contributed by atoms with Gasteiger partial charge in [-0.3, -0.25) is 10.3 Å². The summed E-state index contributed by atoms with van der Waals surface area (Å²) in [5.41, 5.74) is 4.93. The summed E-state index contributed by atoms with van der Waals surface area (Å²) in [5, 5.41) is 0. The van der Waals surface area contributed by atoms with Crippen molar-refractivity contribution in [3.8, 4) is 0 Å². The summed E-state index contributed by atoms with van der Waals surface area (Å²) in [4.78, 5) is 4.78. The van der Waals surface area contributed by atoms with E-state index in [-0.39, 0.29) is 0 Å². The molecule has 1 aromatic rings. The molecule has 0 bridgehead atoms. The molecule has 0 atom stereocenters. The van der Waals surface area contributed by atoms with Crippen molar-refractivity contribution in [1.29, 1.82) is 0 Å². The first kappa shape index (κ1) is 8.56. The first-order chi connectivity index (χ1) is 5.24. The monoisotopic (exact) mass is 215 g/mol. The van der Waals surface area contributed by atoms with Crippen LogP contribution in [0.3, 0.4) is 0 Å². The fraction of sp³-hybridized carbons (Fsp3) is 0.250. The van der Waals surface area contributed by atoms with Crippen molar-refractivity contribution in [3.63, 3.8) is 0 Å². The Kier molecular flexibility index (Phi) is 2.91. The molecule has 60 valence electrons. The van der Waals surface area contributed by atoms with Crippen molar-refractivity contribution in [2.24, 2.45) is 0 Å². The van der Waals surface area contributed by atoms with Gasteiger partial charge in [-0.25, -0.2) is 0 Å². The number of hydrogen-bond acceptors (Lipinski definition) is 2. The average molecular weight is 216 g/mol. The van der Waals surface area contributed by atoms with Gasteiger partial charge in [0.2, 0.25) is 0 Å². The van der Waals surface area contributed by atoms with E-state index in [0.717, 1.165) is 15.7 Å². The van der Waals surface area contributed by atoms with Crippen LogP contribution in [0.5, 0.6) is 0 Å². The molecule has 2 nitrogen and oxygen atoms in total. The third-order valence-corrected chi connectivity index (χ3v) is 1.89. The molecule has 11 heavy (non-hydrogen) atoms. The molecule has 0 aliphatic rings. The number of benzene rings is 1. The zero-order valence-electron chi connectivity index (χ0n) is 6.52. The minimum atomic E-state index is 0.996. The quantitative estimate of drug-likeness (QED) is 0.767. The van der Waals surface area contributed by atoms with Gasteiger partial charge in [-0.2, -0.15) is 0 Å². The van der Waals surface area contributed by atoms with Gasteiger partial charge in [0, 0.05) is 4.47 Å². The van der Waals surface area contributed by atoms with Crippen LogP contribution < -0.4 is 5.48 Å². The van der Waals surface area contributed by atoms with Crippen LogP contribution in [0.2, 0.25) is 0 Å². The van der Waals surface area contributed by atoms with Crippen LogP contribution in [0.4, 0.5) is 5.69 Å². The first-order valence-corrected chi connectivity index (χ1v) is 4.08. The van der Waals surface area contributed by atoms with Crippen molar-refractivity contribution in [2.45, 2.75) is 6.92 Å². The molecule has 0 spiro atoms. The number of anilines is 1. The largest absolute Gasteiger partial charge is 0.279 e. The second kappa shape index (κ2) is 3.74. The van der Waals surface area contributed by atoms with Gasteiger partial charge in [0.05, 0.1) is 12.8 Å². The SMILES string of the molecule is CONc1ccc(Br)cc1C. The van der Waals surface area contributed by atoms with Crippen LogP contribution in [0.25, 0.3) is 0 Å². The summed E-state index contributed by atoms with van der Waals surface area (Å²) < 4.78 is 1.08. The van der Waals surface area contributed by atoms with Crippen LogP contribution in [0.1, 0.15) is 5.56 Å². The molecule has 0 heterocycles. The van der Waals surface area contributed by atoms with Crippen molar-refractivity contribution in [3.05, 3.63) is 28.2 Å². The fourth-order valence-corrected chi connectivity index (χ4v) is 1.33. The highest BCUT2D eigenvalue weighted by molar-refractivity contribution is 9.10. The Morgan fingerprint density at radius 2 is 2.18 bits per heavy atom. The van der Waals surface area contributed by atoms with Crippen molar-refractivity contribution in [1.82, 2.24) is 0 Å². The van der Waals surface area contributed by atoms with E-state index in [1.807, 2.05) is 25.1 Å². The molecule has 0 aliphatic heterocycles. The lowest BCUT2D eigenvalue weighted by Crippen LogP contribution is -1.97. The van der Waals surface area contributed by atoms with Crippen molar-refractivity contribution < 1.29 is 4.84 Å². The van der Waals surface area contributed by atoms with E-state index >= 15 is 0 Å². The summed E-state index contributed by atoms with van der Waals surface area (Å²) in [5.74, 6) is 0. The molecular weight excluding hydrogens is 206 g/mol. The molecule has 0 fully saturated rings. The molecule has 0 saturated heterocycles. The average Bonchev–Trinajstić information content (AvgIpc) is 1.95. The first-order valence-electron chi connectivity index (χ1n) is 3.29. The molecule has 0 radical (unpaired) electrons. The molecule has 0 saturated carbocycles. The topological polar surface area (TPSA) is 21.3 Å². The standard InChI is InChI=1S/C8H10BrNO/c1-6-5-7(9)3-4-8(6)10-11-2/h3-5,10H,1-2H3. The van der Waals surface area contributed by atoms with Gasteiger partial charge in [-0.15, -0.1) is 0 Å². The van der Waals surface area contributed by atoms with Crippen LogP contribution in [0, 0.1) is 6.92 Å². The predicted octanol–water partition coefficient (Wildman–Crippen LogP) is 2.73. The smallest absolute Gasteiger partial charge is 0.0636 e. The molecule has 3 heteroatoms. The van der Waals surface area contributed by atoms with E-state index in [4.69, 9.17) is 4.84 Å². The van der Waals surface area contributed by atoms with Crippen LogP contribution in [0.15, 0.2) is 22.7 Å². The Labute approximate surface area is 74.6 Å². The van der Waals surface area contributed by atoms with Gasteiger partial charge in [-0.1, -0.05) is 15.9 Å². The highest BCUT2D eigenvalue weighted by Gasteiger charge is 1.95. The lowest BCUT2D eigenvalue weighted by molar-refractivity contribution is 0.270. The van der Waals surface area contributed by atoms with Gasteiger partial charge in [0.1, 0.15) is 0 Å². The van der Waals surface area contributed by atoms with E-state index in [1.165, 1.54) is 0 Å². The van der Waals surface area contributed by atoms with Gasteiger partial charge in [0.25, 0.3) is 0 Å². The zero-order chi connectivity index (χ0) is 8.27. The number of halogens is 1. The van der Waals surface area contributed by atoms with E-state index in [2.05, 4.69) is 21.4 Å². The zero-order valence-corrected chi connectivity index (χ0v) is 8.10. The molecule has 1 aromatic carbocycles. The molecule has 0 amide bonds. The summed E-state index contributed by atoms with van der Waals surface area (Å²) in [6.45, 7) is 2.02. The molecule has 0 aromatic heterocycles. The fourth-order valence-electron chi connectivity index (χ4n) is 0.852. The maximum atomic E-state index is 4.78. The molecular formula is C8H10BrNO. The number of nitrogens with one attached hydrogen (secondary N) is 1. The van der Waals surface area contributed by atoms with Gasteiger partial charge >= 0.3 is 0 Å². The number of rotatable bonds is 2. The van der Waals surface area contributed by atoms with E-state index in [9.17, 15) is 0 Å². The number of hydrogen-bond donors (Lipinski definition) is 1. The van der Waals surface area contributed by atoms with Crippen LogP contribution >= 0.6 is 15.9 Å². The minimum absolute atomic E-state index is 0.996. The second-order valence-electron chi connectivity index (χ2n) is 2.27. The van der Waals surface area contributed by atoms with Gasteiger partial charge in [0.15, 0.2) is 0 Å². The second-order valence-corrected chi connectivity index (χ2v) is 3.18. The van der Waals surface area contributed by atoms with Gasteiger partial charge in [-0.05, 0) is 30.7 Å². The van der Waals surface area contributed by atoms with Crippen LogP contribution in [-0.4, -0.2) is 7.11 Å². The molecule has 0 unspecified atom stereocenters. The Morgan fingerprint density at radius 1 is 1.45 bits per heavy atom. The van der Waals surface area contributed by atoms with E-state index in [0.29, 0.717) is 0 Å².